The SMILES string of the molecule is CCNc1cc(C(C)(CC)c2ccc(C(C)(CC)C3CCCCCCCCCCCCC3)s2)c2n[nH]nc2c1C1CCCCCCCCC1. The molecule has 2 heterocycles. The van der Waals surface area contributed by atoms with Crippen LogP contribution in [0.3, 0.4) is 0 Å². The molecule has 2 unspecified atom stereocenters. The number of aromatic nitrogens is 3. The fourth-order valence-corrected chi connectivity index (χ4v) is 11.1. The van der Waals surface area contributed by atoms with Crippen molar-refractivity contribution in [2.45, 2.75) is 205 Å². The van der Waals surface area contributed by atoms with Crippen molar-refractivity contribution in [1.29, 1.82) is 0 Å². The first-order valence-electron chi connectivity index (χ1n) is 21.2. The Morgan fingerprint density at radius 2 is 1.14 bits per heavy atom. The minimum Gasteiger partial charge on any atom is -0.385 e. The van der Waals surface area contributed by atoms with E-state index < -0.39 is 0 Å². The predicted molar refractivity (Wildman–Crippen MR) is 215 cm³/mol. The molecule has 2 N–H and O–H groups in total. The van der Waals surface area contributed by atoms with Gasteiger partial charge in [0.05, 0.1) is 0 Å². The molecular formula is C44H72N4S. The lowest BCUT2D eigenvalue weighted by atomic mass is 9.69. The van der Waals surface area contributed by atoms with Crippen molar-refractivity contribution in [2.24, 2.45) is 5.92 Å². The highest BCUT2D eigenvalue weighted by molar-refractivity contribution is 7.12. The lowest BCUT2D eigenvalue weighted by molar-refractivity contribution is 0.239. The van der Waals surface area contributed by atoms with Crippen LogP contribution < -0.4 is 5.32 Å². The van der Waals surface area contributed by atoms with Gasteiger partial charge in [-0.15, -0.1) is 11.3 Å². The number of aromatic amines is 1. The second-order valence-electron chi connectivity index (χ2n) is 16.5. The van der Waals surface area contributed by atoms with Crippen molar-refractivity contribution in [3.63, 3.8) is 0 Å². The number of benzene rings is 1. The second kappa shape index (κ2) is 19.1. The van der Waals surface area contributed by atoms with E-state index in [1.54, 1.807) is 4.88 Å². The van der Waals surface area contributed by atoms with Gasteiger partial charge in [-0.2, -0.15) is 15.4 Å². The van der Waals surface area contributed by atoms with Gasteiger partial charge in [0, 0.05) is 38.4 Å². The van der Waals surface area contributed by atoms with Gasteiger partial charge in [-0.05, 0) is 81.0 Å². The van der Waals surface area contributed by atoms with Crippen LogP contribution in [0.5, 0.6) is 0 Å². The molecule has 0 spiro atoms. The van der Waals surface area contributed by atoms with E-state index in [-0.39, 0.29) is 10.8 Å². The molecule has 4 nitrogen and oxygen atoms in total. The van der Waals surface area contributed by atoms with Crippen LogP contribution in [-0.4, -0.2) is 22.0 Å². The molecule has 2 fully saturated rings. The summed E-state index contributed by atoms with van der Waals surface area (Å²) in [5, 5.41) is 16.8. The van der Waals surface area contributed by atoms with Gasteiger partial charge in [0.1, 0.15) is 11.0 Å². The Hall–Kier alpha value is -1.88. The van der Waals surface area contributed by atoms with Crippen LogP contribution in [0.25, 0.3) is 11.0 Å². The summed E-state index contributed by atoms with van der Waals surface area (Å²) in [7, 11) is 0. The van der Waals surface area contributed by atoms with Crippen LogP contribution in [0.1, 0.15) is 216 Å². The minimum atomic E-state index is -0.130. The summed E-state index contributed by atoms with van der Waals surface area (Å²) in [6.07, 6.45) is 32.8. The lowest BCUT2D eigenvalue weighted by Crippen LogP contribution is -2.31. The van der Waals surface area contributed by atoms with E-state index >= 15 is 0 Å². The number of thiophene rings is 1. The Morgan fingerprint density at radius 3 is 1.65 bits per heavy atom. The van der Waals surface area contributed by atoms with Gasteiger partial charge in [-0.25, -0.2) is 0 Å². The molecule has 0 amide bonds. The summed E-state index contributed by atoms with van der Waals surface area (Å²) >= 11 is 2.11. The van der Waals surface area contributed by atoms with Gasteiger partial charge in [0.15, 0.2) is 0 Å². The monoisotopic (exact) mass is 689 g/mol. The number of rotatable bonds is 9. The molecule has 2 atom stereocenters. The van der Waals surface area contributed by atoms with E-state index in [0.29, 0.717) is 5.92 Å². The zero-order chi connectivity index (χ0) is 34.5. The zero-order valence-electron chi connectivity index (χ0n) is 32.4. The van der Waals surface area contributed by atoms with Gasteiger partial charge in [0.2, 0.25) is 0 Å². The van der Waals surface area contributed by atoms with Crippen molar-refractivity contribution >= 4 is 28.1 Å². The molecule has 49 heavy (non-hydrogen) atoms. The van der Waals surface area contributed by atoms with E-state index in [4.69, 9.17) is 10.2 Å². The number of nitrogens with zero attached hydrogens (tertiary/aromatic N) is 2. The summed E-state index contributed by atoms with van der Waals surface area (Å²) in [5.74, 6) is 1.30. The number of hydrogen-bond donors (Lipinski definition) is 2. The zero-order valence-corrected chi connectivity index (χ0v) is 33.2. The first-order valence-corrected chi connectivity index (χ1v) is 22.0. The van der Waals surface area contributed by atoms with Crippen molar-refractivity contribution in [3.05, 3.63) is 39.1 Å². The average Bonchev–Trinajstić information content (AvgIpc) is 3.82. The highest BCUT2D eigenvalue weighted by Crippen LogP contribution is 2.50. The quantitative estimate of drug-likeness (QED) is 0.235. The maximum Gasteiger partial charge on any atom is 0.118 e. The molecule has 2 saturated carbocycles. The van der Waals surface area contributed by atoms with E-state index in [9.17, 15) is 0 Å². The maximum absolute atomic E-state index is 4.94. The molecule has 0 radical (unpaired) electrons. The third-order valence-electron chi connectivity index (χ3n) is 13.3. The predicted octanol–water partition coefficient (Wildman–Crippen LogP) is 14.1. The van der Waals surface area contributed by atoms with Gasteiger partial charge in [0.25, 0.3) is 0 Å². The van der Waals surface area contributed by atoms with E-state index in [1.165, 1.54) is 169 Å². The largest absolute Gasteiger partial charge is 0.385 e. The van der Waals surface area contributed by atoms with Gasteiger partial charge < -0.3 is 5.32 Å². The topological polar surface area (TPSA) is 53.6 Å². The van der Waals surface area contributed by atoms with Crippen molar-refractivity contribution in [3.8, 4) is 0 Å². The van der Waals surface area contributed by atoms with Crippen LogP contribution in [0, 0.1) is 5.92 Å². The molecule has 3 aromatic rings. The van der Waals surface area contributed by atoms with Crippen LogP contribution in [0.15, 0.2) is 18.2 Å². The van der Waals surface area contributed by atoms with Crippen molar-refractivity contribution < 1.29 is 0 Å². The third kappa shape index (κ3) is 9.32. The normalized spacial score (nSPS) is 21.8. The maximum atomic E-state index is 4.94. The molecular weight excluding hydrogens is 617 g/mol. The van der Waals surface area contributed by atoms with Crippen molar-refractivity contribution in [2.75, 3.05) is 11.9 Å². The number of nitrogens with one attached hydrogen (secondary N) is 2. The van der Waals surface area contributed by atoms with Crippen LogP contribution in [0.2, 0.25) is 0 Å². The van der Waals surface area contributed by atoms with Crippen LogP contribution in [0.4, 0.5) is 5.69 Å². The first kappa shape index (κ1) is 38.4. The number of fused-ring (bicyclic) bond motifs is 1. The highest BCUT2D eigenvalue weighted by atomic mass is 32.1. The fraction of sp³-hybridized carbons (Fsp3) is 0.773. The molecule has 0 saturated heterocycles. The van der Waals surface area contributed by atoms with E-state index in [2.05, 4.69) is 74.7 Å². The third-order valence-corrected chi connectivity index (χ3v) is 14.9. The molecule has 2 aromatic heterocycles. The summed E-state index contributed by atoms with van der Waals surface area (Å²) in [6, 6.07) is 7.53. The standard InChI is InChI=1S/C44H72N4S/c1-6-43(4,35-29-25-21-17-12-10-9-11-13-18-22-26-30-35)38-31-32-39(49-38)44(5,7-2)36-33-37(45-8-3)40(42-41(36)46-48-47-42)34-27-23-19-15-14-16-20-24-28-34/h31-35,45H,6-30H2,1-5H3,(H,46,47,48). The smallest absolute Gasteiger partial charge is 0.118 e. The number of anilines is 1. The number of hydrogen-bond acceptors (Lipinski definition) is 4. The molecule has 1 aromatic carbocycles. The van der Waals surface area contributed by atoms with Gasteiger partial charge in [-0.3, -0.25) is 0 Å². The molecule has 2 aliphatic carbocycles. The van der Waals surface area contributed by atoms with Crippen LogP contribution in [-0.2, 0) is 10.8 Å². The molecule has 5 rings (SSSR count). The molecule has 2 aliphatic rings. The highest BCUT2D eigenvalue weighted by Gasteiger charge is 2.39. The van der Waals surface area contributed by atoms with E-state index in [0.717, 1.165) is 29.9 Å². The molecule has 274 valence electrons. The van der Waals surface area contributed by atoms with Crippen LogP contribution >= 0.6 is 11.3 Å². The van der Waals surface area contributed by atoms with Gasteiger partial charge in [-0.1, -0.05) is 143 Å². The minimum absolute atomic E-state index is 0.130. The summed E-state index contributed by atoms with van der Waals surface area (Å²) < 4.78 is 0. The Balaban J connectivity index is 1.48. The van der Waals surface area contributed by atoms with E-state index in [1.807, 2.05) is 0 Å². The Kier molecular flexibility index (Phi) is 14.9. The molecule has 5 heteroatoms. The molecule has 0 aliphatic heterocycles. The summed E-state index contributed by atoms with van der Waals surface area (Å²) in [6.45, 7) is 13.1. The fourth-order valence-electron chi connectivity index (χ4n) is 9.55. The lowest BCUT2D eigenvalue weighted by Gasteiger charge is -2.37. The Bertz CT molecular complexity index is 1370. The summed E-state index contributed by atoms with van der Waals surface area (Å²) in [5.41, 5.74) is 6.37. The second-order valence-corrected chi connectivity index (χ2v) is 17.6. The average molecular weight is 689 g/mol. The van der Waals surface area contributed by atoms with Crippen molar-refractivity contribution in [1.82, 2.24) is 15.4 Å². The molecule has 0 bridgehead atoms. The summed E-state index contributed by atoms with van der Waals surface area (Å²) in [4.78, 5) is 3.10. The Morgan fingerprint density at radius 1 is 0.653 bits per heavy atom. The van der Waals surface area contributed by atoms with Gasteiger partial charge >= 0.3 is 0 Å². The first-order chi connectivity index (χ1) is 24.0. The Labute approximate surface area is 304 Å². The number of H-pyrrole nitrogens is 1.